The predicted octanol–water partition coefficient (Wildman–Crippen LogP) is 3.18. The molecule has 2 aromatic rings. The van der Waals surface area contributed by atoms with Crippen molar-refractivity contribution in [2.24, 2.45) is 0 Å². The Hall–Kier alpha value is -1.11. The van der Waals surface area contributed by atoms with Crippen molar-refractivity contribution in [2.45, 2.75) is 10.6 Å². The van der Waals surface area contributed by atoms with Crippen molar-refractivity contribution in [3.8, 4) is 0 Å². The molecule has 1 aromatic heterocycles. The van der Waals surface area contributed by atoms with Crippen LogP contribution >= 0.6 is 34.9 Å². The Labute approximate surface area is 111 Å². The van der Waals surface area contributed by atoms with Crippen LogP contribution in [0.1, 0.15) is 16.1 Å². The molecule has 0 aliphatic carbocycles. The zero-order chi connectivity index (χ0) is 12.3. The summed E-state index contributed by atoms with van der Waals surface area (Å²) >= 11 is 8.38. The van der Waals surface area contributed by atoms with Gasteiger partial charge in [0.25, 0.3) is 0 Å². The highest BCUT2D eigenvalue weighted by Gasteiger charge is 2.11. The maximum absolute atomic E-state index is 11.0. The smallest absolute Gasteiger partial charge is 0.336 e. The van der Waals surface area contributed by atoms with Gasteiger partial charge in [0.2, 0.25) is 0 Å². The summed E-state index contributed by atoms with van der Waals surface area (Å²) in [5, 5.41) is 12.9. The number of hydrogen-bond donors (Lipinski definition) is 1. The van der Waals surface area contributed by atoms with Gasteiger partial charge in [-0.1, -0.05) is 28.2 Å². The van der Waals surface area contributed by atoms with Gasteiger partial charge in [0.1, 0.15) is 10.0 Å². The monoisotopic (exact) mass is 286 g/mol. The Morgan fingerprint density at radius 3 is 2.88 bits per heavy atom. The zero-order valence-corrected chi connectivity index (χ0v) is 10.8. The number of carbonyl (C=O) groups is 1. The average molecular weight is 287 g/mol. The summed E-state index contributed by atoms with van der Waals surface area (Å²) in [5.41, 5.74) is 0.971. The Kier molecular flexibility index (Phi) is 3.98. The van der Waals surface area contributed by atoms with Gasteiger partial charge in [0.05, 0.1) is 5.56 Å². The molecule has 0 bridgehead atoms. The number of nitrogens with zero attached hydrogens (tertiary/aromatic N) is 2. The summed E-state index contributed by atoms with van der Waals surface area (Å²) in [6, 6.07) is 6.84. The highest BCUT2D eigenvalue weighted by Crippen LogP contribution is 2.29. The normalized spacial score (nSPS) is 10.4. The second kappa shape index (κ2) is 5.48. The van der Waals surface area contributed by atoms with Crippen molar-refractivity contribution in [3.05, 3.63) is 39.9 Å². The first-order valence-electron chi connectivity index (χ1n) is 4.60. The maximum Gasteiger partial charge on any atom is 0.336 e. The van der Waals surface area contributed by atoms with E-state index in [1.54, 1.807) is 24.3 Å². The molecular formula is C10H7ClN2O2S2. The molecule has 0 saturated carbocycles. The van der Waals surface area contributed by atoms with Crippen LogP contribution in [-0.2, 0) is 5.75 Å². The van der Waals surface area contributed by atoms with E-state index in [2.05, 4.69) is 9.59 Å². The second-order valence-electron chi connectivity index (χ2n) is 3.08. The van der Waals surface area contributed by atoms with Crippen LogP contribution in [0, 0.1) is 0 Å². The summed E-state index contributed by atoms with van der Waals surface area (Å²) in [6.07, 6.45) is 0. The quantitative estimate of drug-likeness (QED) is 0.875. The van der Waals surface area contributed by atoms with Gasteiger partial charge in [-0.2, -0.15) is 0 Å². The fourth-order valence-corrected chi connectivity index (χ4v) is 2.98. The average Bonchev–Trinajstić information content (AvgIpc) is 2.72. The number of aromatic carboxylic acids is 1. The van der Waals surface area contributed by atoms with Crippen LogP contribution in [0.25, 0.3) is 0 Å². The number of carboxylic acids is 1. The first kappa shape index (κ1) is 12.3. The third-order valence-corrected chi connectivity index (χ3v) is 4.06. The Bertz CT molecular complexity index is 545. The van der Waals surface area contributed by atoms with Gasteiger partial charge >= 0.3 is 5.97 Å². The van der Waals surface area contributed by atoms with E-state index < -0.39 is 5.97 Å². The highest BCUT2D eigenvalue weighted by atomic mass is 35.5. The molecule has 4 nitrogen and oxygen atoms in total. The number of aromatic nitrogens is 2. The standard InChI is InChI=1S/C10H7ClN2O2S2/c11-9-7(12-13-17-9)5-16-8-4-2-1-3-6(8)10(14)15/h1-4H,5H2,(H,14,15). The van der Waals surface area contributed by atoms with E-state index >= 15 is 0 Å². The van der Waals surface area contributed by atoms with Gasteiger partial charge in [0, 0.05) is 22.2 Å². The third-order valence-electron chi connectivity index (χ3n) is 1.99. The number of halogens is 1. The molecule has 0 atom stereocenters. The van der Waals surface area contributed by atoms with Crippen LogP contribution in [0.4, 0.5) is 0 Å². The third kappa shape index (κ3) is 2.96. The summed E-state index contributed by atoms with van der Waals surface area (Å²) in [4.78, 5) is 11.7. The minimum absolute atomic E-state index is 0.289. The van der Waals surface area contributed by atoms with Crippen molar-refractivity contribution < 1.29 is 9.90 Å². The van der Waals surface area contributed by atoms with Gasteiger partial charge in [-0.05, 0) is 12.1 Å². The molecule has 0 aliphatic rings. The second-order valence-corrected chi connectivity index (χ2v) is 5.46. The lowest BCUT2D eigenvalue weighted by Crippen LogP contribution is -1.98. The summed E-state index contributed by atoms with van der Waals surface area (Å²) in [7, 11) is 0. The van der Waals surface area contributed by atoms with Crippen molar-refractivity contribution in [2.75, 3.05) is 0 Å². The molecule has 0 amide bonds. The number of thioether (sulfide) groups is 1. The van der Waals surface area contributed by atoms with Crippen molar-refractivity contribution in [1.82, 2.24) is 9.59 Å². The van der Waals surface area contributed by atoms with E-state index in [1.807, 2.05) is 0 Å². The van der Waals surface area contributed by atoms with Crippen LogP contribution in [0.15, 0.2) is 29.2 Å². The fourth-order valence-electron chi connectivity index (χ4n) is 1.20. The molecule has 1 heterocycles. The van der Waals surface area contributed by atoms with Crippen molar-refractivity contribution in [1.29, 1.82) is 0 Å². The molecule has 1 aromatic carbocycles. The molecule has 0 radical (unpaired) electrons. The van der Waals surface area contributed by atoms with E-state index in [0.717, 1.165) is 11.5 Å². The highest BCUT2D eigenvalue weighted by molar-refractivity contribution is 7.98. The van der Waals surface area contributed by atoms with E-state index in [1.165, 1.54) is 11.8 Å². The minimum atomic E-state index is -0.935. The first-order valence-corrected chi connectivity index (χ1v) is 6.74. The van der Waals surface area contributed by atoms with Crippen LogP contribution in [-0.4, -0.2) is 20.7 Å². The van der Waals surface area contributed by atoms with E-state index in [4.69, 9.17) is 16.7 Å². The number of carboxylic acid groups (broad SMARTS) is 1. The Morgan fingerprint density at radius 1 is 1.47 bits per heavy atom. The number of benzene rings is 1. The van der Waals surface area contributed by atoms with Gasteiger partial charge < -0.3 is 5.11 Å². The first-order chi connectivity index (χ1) is 8.18. The lowest BCUT2D eigenvalue weighted by molar-refractivity contribution is 0.0693. The molecule has 2 rings (SSSR count). The SMILES string of the molecule is O=C(O)c1ccccc1SCc1nnsc1Cl. The molecule has 0 unspecified atom stereocenters. The van der Waals surface area contributed by atoms with E-state index in [0.29, 0.717) is 20.7 Å². The Balaban J connectivity index is 2.14. The lowest BCUT2D eigenvalue weighted by Gasteiger charge is -2.03. The number of hydrogen-bond acceptors (Lipinski definition) is 5. The summed E-state index contributed by atoms with van der Waals surface area (Å²) in [5.74, 6) is -0.421. The fraction of sp³-hybridized carbons (Fsp3) is 0.100. The number of rotatable bonds is 4. The van der Waals surface area contributed by atoms with Gasteiger partial charge in [-0.15, -0.1) is 16.9 Å². The van der Waals surface area contributed by atoms with Crippen molar-refractivity contribution >= 4 is 40.9 Å². The molecule has 7 heteroatoms. The van der Waals surface area contributed by atoms with Gasteiger partial charge in [-0.3, -0.25) is 0 Å². The largest absolute Gasteiger partial charge is 0.478 e. The Morgan fingerprint density at radius 2 is 2.24 bits per heavy atom. The van der Waals surface area contributed by atoms with Crippen molar-refractivity contribution in [3.63, 3.8) is 0 Å². The van der Waals surface area contributed by atoms with Gasteiger partial charge in [-0.25, -0.2) is 4.79 Å². The zero-order valence-electron chi connectivity index (χ0n) is 8.46. The molecular weight excluding hydrogens is 280 g/mol. The van der Waals surface area contributed by atoms with E-state index in [-0.39, 0.29) is 5.56 Å². The van der Waals surface area contributed by atoms with E-state index in [9.17, 15) is 4.79 Å². The molecule has 1 N–H and O–H groups in total. The van der Waals surface area contributed by atoms with Crippen LogP contribution < -0.4 is 0 Å². The molecule has 0 aliphatic heterocycles. The predicted molar refractivity (Wildman–Crippen MR) is 67.9 cm³/mol. The summed E-state index contributed by atoms with van der Waals surface area (Å²) < 4.78 is 4.27. The minimum Gasteiger partial charge on any atom is -0.478 e. The molecule has 0 fully saturated rings. The van der Waals surface area contributed by atoms with Crippen LogP contribution in [0.5, 0.6) is 0 Å². The van der Waals surface area contributed by atoms with Gasteiger partial charge in [0.15, 0.2) is 0 Å². The van der Waals surface area contributed by atoms with Crippen LogP contribution in [0.2, 0.25) is 4.34 Å². The van der Waals surface area contributed by atoms with Crippen LogP contribution in [0.3, 0.4) is 0 Å². The maximum atomic E-state index is 11.0. The molecule has 17 heavy (non-hydrogen) atoms. The molecule has 0 spiro atoms. The molecule has 0 saturated heterocycles. The topological polar surface area (TPSA) is 63.1 Å². The molecule has 88 valence electrons. The lowest BCUT2D eigenvalue weighted by atomic mass is 10.2. The summed E-state index contributed by atoms with van der Waals surface area (Å²) in [6.45, 7) is 0.